The summed E-state index contributed by atoms with van der Waals surface area (Å²) in [6.45, 7) is 3.92. The van der Waals surface area contributed by atoms with Crippen molar-refractivity contribution < 1.29 is 8.78 Å². The fourth-order valence-electron chi connectivity index (χ4n) is 2.29. The molecule has 0 heterocycles. The van der Waals surface area contributed by atoms with Crippen molar-refractivity contribution in [3.63, 3.8) is 0 Å². The Morgan fingerprint density at radius 1 is 1.00 bits per heavy atom. The molecule has 0 amide bonds. The number of halogens is 2. The van der Waals surface area contributed by atoms with Gasteiger partial charge in [-0.3, -0.25) is 0 Å². The minimum Gasteiger partial charge on any atom is -0.207 e. The first kappa shape index (κ1) is 13.7. The van der Waals surface area contributed by atoms with E-state index < -0.39 is 0 Å². The van der Waals surface area contributed by atoms with Crippen LogP contribution in [-0.4, -0.2) is 0 Å². The highest BCUT2D eigenvalue weighted by molar-refractivity contribution is 5.28. The molecule has 0 N–H and O–H groups in total. The van der Waals surface area contributed by atoms with Crippen molar-refractivity contribution in [3.05, 3.63) is 70.8 Å². The molecule has 0 saturated carbocycles. The SMILES string of the molecule is CCc1ccc(CC(C)c2ccccc2F)c(F)c1. The van der Waals surface area contributed by atoms with E-state index in [1.54, 1.807) is 18.2 Å². The molecule has 0 saturated heterocycles. The first-order chi connectivity index (χ1) is 9.11. The predicted molar refractivity (Wildman–Crippen MR) is 74.3 cm³/mol. The zero-order chi connectivity index (χ0) is 13.8. The summed E-state index contributed by atoms with van der Waals surface area (Å²) >= 11 is 0. The summed E-state index contributed by atoms with van der Waals surface area (Å²) in [6.07, 6.45) is 1.33. The van der Waals surface area contributed by atoms with Gasteiger partial charge in [-0.05, 0) is 47.6 Å². The minimum absolute atomic E-state index is 0.0387. The zero-order valence-corrected chi connectivity index (χ0v) is 11.3. The number of benzene rings is 2. The highest BCUT2D eigenvalue weighted by Gasteiger charge is 2.13. The lowest BCUT2D eigenvalue weighted by Gasteiger charge is -2.14. The van der Waals surface area contributed by atoms with Gasteiger partial charge in [0.25, 0.3) is 0 Å². The highest BCUT2D eigenvalue weighted by atomic mass is 19.1. The average Bonchev–Trinajstić information content (AvgIpc) is 2.41. The Labute approximate surface area is 113 Å². The van der Waals surface area contributed by atoms with E-state index in [2.05, 4.69) is 0 Å². The van der Waals surface area contributed by atoms with Crippen molar-refractivity contribution in [1.82, 2.24) is 0 Å². The fourth-order valence-corrected chi connectivity index (χ4v) is 2.29. The number of rotatable bonds is 4. The normalized spacial score (nSPS) is 12.4. The minimum atomic E-state index is -0.222. The van der Waals surface area contributed by atoms with E-state index in [1.807, 2.05) is 32.0 Å². The summed E-state index contributed by atoms with van der Waals surface area (Å²) in [4.78, 5) is 0. The molecule has 0 nitrogen and oxygen atoms in total. The van der Waals surface area contributed by atoms with Gasteiger partial charge < -0.3 is 0 Å². The maximum Gasteiger partial charge on any atom is 0.126 e. The van der Waals surface area contributed by atoms with Crippen LogP contribution in [0.15, 0.2) is 42.5 Å². The van der Waals surface area contributed by atoms with Crippen LogP contribution in [0, 0.1) is 11.6 Å². The van der Waals surface area contributed by atoms with Gasteiger partial charge in [-0.15, -0.1) is 0 Å². The molecule has 0 fully saturated rings. The molecule has 1 atom stereocenters. The second-order valence-corrected chi connectivity index (χ2v) is 4.91. The topological polar surface area (TPSA) is 0 Å². The third-order valence-electron chi connectivity index (χ3n) is 3.49. The highest BCUT2D eigenvalue weighted by Crippen LogP contribution is 2.24. The van der Waals surface area contributed by atoms with E-state index in [0.717, 1.165) is 12.0 Å². The lowest BCUT2D eigenvalue weighted by atomic mass is 9.92. The van der Waals surface area contributed by atoms with Gasteiger partial charge in [0.05, 0.1) is 0 Å². The Hall–Kier alpha value is -1.70. The molecule has 0 bridgehead atoms. The molecule has 2 aromatic rings. The third-order valence-corrected chi connectivity index (χ3v) is 3.49. The summed E-state index contributed by atoms with van der Waals surface area (Å²) in [7, 11) is 0. The quantitative estimate of drug-likeness (QED) is 0.735. The molecule has 100 valence electrons. The molecule has 2 aromatic carbocycles. The summed E-state index contributed by atoms with van der Waals surface area (Å²) in [5, 5.41) is 0. The van der Waals surface area contributed by atoms with Crippen molar-refractivity contribution in [1.29, 1.82) is 0 Å². The van der Waals surface area contributed by atoms with Crippen molar-refractivity contribution in [2.45, 2.75) is 32.6 Å². The van der Waals surface area contributed by atoms with Crippen molar-refractivity contribution in [2.75, 3.05) is 0 Å². The molecule has 1 unspecified atom stereocenters. The number of aryl methyl sites for hydroxylation is 1. The van der Waals surface area contributed by atoms with Crippen LogP contribution in [-0.2, 0) is 12.8 Å². The third kappa shape index (κ3) is 3.19. The first-order valence-corrected chi connectivity index (χ1v) is 6.63. The Bertz CT molecular complexity index is 561. The van der Waals surface area contributed by atoms with E-state index in [1.165, 1.54) is 6.07 Å². The Morgan fingerprint density at radius 3 is 2.37 bits per heavy atom. The van der Waals surface area contributed by atoms with E-state index in [9.17, 15) is 8.78 Å². The molecule has 0 spiro atoms. The predicted octanol–water partition coefficient (Wildman–Crippen LogP) is 4.87. The Kier molecular flexibility index (Phi) is 4.31. The van der Waals surface area contributed by atoms with Crippen molar-refractivity contribution in [3.8, 4) is 0 Å². The van der Waals surface area contributed by atoms with E-state index >= 15 is 0 Å². The van der Waals surface area contributed by atoms with Crippen LogP contribution in [0.2, 0.25) is 0 Å². The average molecular weight is 260 g/mol. The molecular formula is C17H18F2. The number of hydrogen-bond acceptors (Lipinski definition) is 0. The summed E-state index contributed by atoms with van der Waals surface area (Å²) in [6, 6.07) is 12.0. The molecular weight excluding hydrogens is 242 g/mol. The molecule has 0 aliphatic carbocycles. The second kappa shape index (κ2) is 5.96. The molecule has 2 heteroatoms. The number of hydrogen-bond donors (Lipinski definition) is 0. The molecule has 19 heavy (non-hydrogen) atoms. The summed E-state index contributed by atoms with van der Waals surface area (Å²) in [5.74, 6) is -0.452. The molecule has 0 aliphatic heterocycles. The molecule has 0 aromatic heterocycles. The smallest absolute Gasteiger partial charge is 0.126 e. The lowest BCUT2D eigenvalue weighted by molar-refractivity contribution is 0.570. The monoisotopic (exact) mass is 260 g/mol. The van der Waals surface area contributed by atoms with Gasteiger partial charge in [0.1, 0.15) is 11.6 Å². The maximum atomic E-state index is 13.9. The summed E-state index contributed by atoms with van der Waals surface area (Å²) in [5.41, 5.74) is 2.27. The van der Waals surface area contributed by atoms with Crippen LogP contribution in [0.3, 0.4) is 0 Å². The van der Waals surface area contributed by atoms with Crippen LogP contribution in [0.4, 0.5) is 8.78 Å². The van der Waals surface area contributed by atoms with Gasteiger partial charge in [-0.1, -0.05) is 44.2 Å². The van der Waals surface area contributed by atoms with Crippen LogP contribution in [0.25, 0.3) is 0 Å². The van der Waals surface area contributed by atoms with Crippen molar-refractivity contribution in [2.24, 2.45) is 0 Å². The van der Waals surface area contributed by atoms with Crippen molar-refractivity contribution >= 4 is 0 Å². The van der Waals surface area contributed by atoms with Gasteiger partial charge in [0, 0.05) is 0 Å². The van der Waals surface area contributed by atoms with E-state index in [4.69, 9.17) is 0 Å². The lowest BCUT2D eigenvalue weighted by Crippen LogP contribution is -2.03. The van der Waals surface area contributed by atoms with Crippen LogP contribution < -0.4 is 0 Å². The van der Waals surface area contributed by atoms with Gasteiger partial charge in [0.15, 0.2) is 0 Å². The second-order valence-electron chi connectivity index (χ2n) is 4.91. The van der Waals surface area contributed by atoms with E-state index in [-0.39, 0.29) is 17.6 Å². The van der Waals surface area contributed by atoms with Gasteiger partial charge in [-0.25, -0.2) is 8.78 Å². The van der Waals surface area contributed by atoms with Gasteiger partial charge >= 0.3 is 0 Å². The fraction of sp³-hybridized carbons (Fsp3) is 0.294. The Balaban J connectivity index is 2.19. The molecule has 0 radical (unpaired) electrons. The summed E-state index contributed by atoms with van der Waals surface area (Å²) < 4.78 is 27.6. The van der Waals surface area contributed by atoms with Crippen LogP contribution in [0.5, 0.6) is 0 Å². The van der Waals surface area contributed by atoms with Crippen LogP contribution >= 0.6 is 0 Å². The standard InChI is InChI=1S/C17H18F2/c1-3-13-8-9-14(17(19)11-13)10-12(2)15-6-4-5-7-16(15)18/h4-9,11-12H,3,10H2,1-2H3. The molecule has 0 aliphatic rings. The maximum absolute atomic E-state index is 13.9. The van der Waals surface area contributed by atoms with Gasteiger partial charge in [-0.2, -0.15) is 0 Å². The van der Waals surface area contributed by atoms with Crippen LogP contribution in [0.1, 0.15) is 36.5 Å². The zero-order valence-electron chi connectivity index (χ0n) is 11.3. The molecule has 2 rings (SSSR count). The Morgan fingerprint density at radius 2 is 1.74 bits per heavy atom. The van der Waals surface area contributed by atoms with Gasteiger partial charge in [0.2, 0.25) is 0 Å². The van der Waals surface area contributed by atoms with E-state index in [0.29, 0.717) is 17.5 Å². The first-order valence-electron chi connectivity index (χ1n) is 6.63. The largest absolute Gasteiger partial charge is 0.207 e.